The Morgan fingerprint density at radius 3 is 2.67 bits per heavy atom. The van der Waals surface area contributed by atoms with Crippen molar-refractivity contribution in [3.8, 4) is 6.07 Å². The highest BCUT2D eigenvalue weighted by Gasteiger charge is 2.45. The molecule has 1 heterocycles. The van der Waals surface area contributed by atoms with Crippen LogP contribution in [-0.4, -0.2) is 10.1 Å². The topological polar surface area (TPSA) is 56.9 Å². The molecule has 1 atom stereocenters. The maximum absolute atomic E-state index is 10.1. The molecule has 3 heteroatoms. The zero-order chi connectivity index (χ0) is 10.9. The lowest BCUT2D eigenvalue weighted by molar-refractivity contribution is 0.00504. The summed E-state index contributed by atoms with van der Waals surface area (Å²) in [6.45, 7) is 1.95. The molecule has 1 saturated carbocycles. The maximum atomic E-state index is 10.1. The SMILES string of the molecule is Cc1ccc(C(O)C2(C#N)CCC2)nc1. The fraction of sp³-hybridized carbons (Fsp3) is 0.500. The van der Waals surface area contributed by atoms with E-state index < -0.39 is 11.5 Å². The Bertz CT molecular complexity index is 387. The first kappa shape index (κ1) is 10.1. The third-order valence-electron chi connectivity index (χ3n) is 3.21. The summed E-state index contributed by atoms with van der Waals surface area (Å²) in [6, 6.07) is 5.95. The van der Waals surface area contributed by atoms with Gasteiger partial charge in [0.15, 0.2) is 0 Å². The molecule has 0 spiro atoms. The summed E-state index contributed by atoms with van der Waals surface area (Å²) in [7, 11) is 0. The van der Waals surface area contributed by atoms with Crippen molar-refractivity contribution in [2.24, 2.45) is 5.41 Å². The molecule has 1 fully saturated rings. The van der Waals surface area contributed by atoms with Gasteiger partial charge in [-0.05, 0) is 31.4 Å². The van der Waals surface area contributed by atoms with Gasteiger partial charge in [-0.2, -0.15) is 5.26 Å². The fourth-order valence-corrected chi connectivity index (χ4v) is 1.93. The zero-order valence-electron chi connectivity index (χ0n) is 8.77. The first-order valence-electron chi connectivity index (χ1n) is 5.20. The molecule has 1 aliphatic carbocycles. The van der Waals surface area contributed by atoms with E-state index in [2.05, 4.69) is 11.1 Å². The maximum Gasteiger partial charge on any atom is 0.114 e. The molecule has 1 aromatic rings. The Hall–Kier alpha value is -1.40. The van der Waals surface area contributed by atoms with Crippen LogP contribution in [0.25, 0.3) is 0 Å². The number of rotatable bonds is 2. The van der Waals surface area contributed by atoms with Crippen molar-refractivity contribution in [3.05, 3.63) is 29.6 Å². The number of aliphatic hydroxyl groups excluding tert-OH is 1. The average Bonchev–Trinajstić information content (AvgIpc) is 2.18. The zero-order valence-corrected chi connectivity index (χ0v) is 8.77. The second-order valence-electron chi connectivity index (χ2n) is 4.28. The number of pyridine rings is 1. The summed E-state index contributed by atoms with van der Waals surface area (Å²) in [4.78, 5) is 4.17. The molecule has 1 aromatic heterocycles. The van der Waals surface area contributed by atoms with Crippen LogP contribution in [0.1, 0.15) is 36.6 Å². The van der Waals surface area contributed by atoms with Crippen molar-refractivity contribution in [2.75, 3.05) is 0 Å². The Morgan fingerprint density at radius 2 is 2.27 bits per heavy atom. The predicted molar refractivity (Wildman–Crippen MR) is 55.8 cm³/mol. The van der Waals surface area contributed by atoms with Gasteiger partial charge in [-0.25, -0.2) is 0 Å². The summed E-state index contributed by atoms with van der Waals surface area (Å²) in [5.74, 6) is 0. The largest absolute Gasteiger partial charge is 0.385 e. The van der Waals surface area contributed by atoms with Crippen LogP contribution >= 0.6 is 0 Å². The molecule has 1 unspecified atom stereocenters. The van der Waals surface area contributed by atoms with Crippen molar-refractivity contribution in [3.63, 3.8) is 0 Å². The Morgan fingerprint density at radius 1 is 1.53 bits per heavy atom. The lowest BCUT2D eigenvalue weighted by atomic mass is 9.65. The van der Waals surface area contributed by atoms with Crippen molar-refractivity contribution in [1.29, 1.82) is 5.26 Å². The summed E-state index contributed by atoms with van der Waals surface area (Å²) in [6.07, 6.45) is 3.57. The quantitative estimate of drug-likeness (QED) is 0.799. The van der Waals surface area contributed by atoms with E-state index in [1.807, 2.05) is 13.0 Å². The lowest BCUT2D eigenvalue weighted by Gasteiger charge is -2.38. The number of hydrogen-bond donors (Lipinski definition) is 1. The summed E-state index contributed by atoms with van der Waals surface area (Å²) in [5, 5.41) is 19.2. The van der Waals surface area contributed by atoms with Gasteiger partial charge in [0.1, 0.15) is 6.10 Å². The van der Waals surface area contributed by atoms with E-state index in [0.717, 1.165) is 24.8 Å². The van der Waals surface area contributed by atoms with Gasteiger partial charge >= 0.3 is 0 Å². The number of nitrogens with zero attached hydrogens (tertiary/aromatic N) is 2. The van der Waals surface area contributed by atoms with Gasteiger partial charge in [-0.15, -0.1) is 0 Å². The summed E-state index contributed by atoms with van der Waals surface area (Å²) >= 11 is 0. The monoisotopic (exact) mass is 202 g/mol. The van der Waals surface area contributed by atoms with Crippen LogP contribution in [0.5, 0.6) is 0 Å². The normalized spacial score (nSPS) is 20.1. The van der Waals surface area contributed by atoms with Gasteiger partial charge in [0.25, 0.3) is 0 Å². The van der Waals surface area contributed by atoms with Crippen molar-refractivity contribution >= 4 is 0 Å². The molecule has 0 bridgehead atoms. The Labute approximate surface area is 89.4 Å². The third kappa shape index (κ3) is 1.62. The molecular weight excluding hydrogens is 188 g/mol. The van der Waals surface area contributed by atoms with Gasteiger partial charge in [-0.1, -0.05) is 12.5 Å². The molecule has 15 heavy (non-hydrogen) atoms. The summed E-state index contributed by atoms with van der Waals surface area (Å²) < 4.78 is 0. The number of nitriles is 1. The van der Waals surface area contributed by atoms with Crippen LogP contribution in [-0.2, 0) is 0 Å². The molecule has 0 saturated heterocycles. The van der Waals surface area contributed by atoms with Crippen LogP contribution in [0.4, 0.5) is 0 Å². The van der Waals surface area contributed by atoms with Crippen LogP contribution < -0.4 is 0 Å². The highest BCUT2D eigenvalue weighted by Crippen LogP contribution is 2.49. The number of aryl methyl sites for hydroxylation is 1. The molecule has 1 aliphatic rings. The third-order valence-corrected chi connectivity index (χ3v) is 3.21. The van der Waals surface area contributed by atoms with Crippen LogP contribution in [0.2, 0.25) is 0 Å². The van der Waals surface area contributed by atoms with Crippen molar-refractivity contribution in [2.45, 2.75) is 32.3 Å². The van der Waals surface area contributed by atoms with Crippen LogP contribution in [0, 0.1) is 23.7 Å². The number of aliphatic hydroxyl groups is 1. The molecule has 3 nitrogen and oxygen atoms in total. The predicted octanol–water partition coefficient (Wildman–Crippen LogP) is 2.12. The highest BCUT2D eigenvalue weighted by molar-refractivity contribution is 5.20. The standard InChI is InChI=1S/C12H14N2O/c1-9-3-4-10(14-7-9)11(15)12(8-13)5-2-6-12/h3-4,7,11,15H,2,5-6H2,1H3. The van der Waals surface area contributed by atoms with E-state index in [9.17, 15) is 5.11 Å². The molecule has 0 aromatic carbocycles. The number of hydrogen-bond acceptors (Lipinski definition) is 3. The fourth-order valence-electron chi connectivity index (χ4n) is 1.93. The highest BCUT2D eigenvalue weighted by atomic mass is 16.3. The first-order valence-corrected chi connectivity index (χ1v) is 5.20. The molecule has 0 aliphatic heterocycles. The lowest BCUT2D eigenvalue weighted by Crippen LogP contribution is -2.34. The minimum Gasteiger partial charge on any atom is -0.385 e. The Balaban J connectivity index is 2.24. The number of aromatic nitrogens is 1. The molecule has 0 amide bonds. The van der Waals surface area contributed by atoms with Gasteiger partial charge in [-0.3, -0.25) is 4.98 Å². The molecule has 2 rings (SSSR count). The summed E-state index contributed by atoms with van der Waals surface area (Å²) in [5.41, 5.74) is 1.09. The van der Waals surface area contributed by atoms with E-state index in [-0.39, 0.29) is 0 Å². The minimum absolute atomic E-state index is 0.581. The van der Waals surface area contributed by atoms with Crippen molar-refractivity contribution in [1.82, 2.24) is 4.98 Å². The van der Waals surface area contributed by atoms with E-state index in [4.69, 9.17) is 5.26 Å². The second kappa shape index (κ2) is 3.63. The average molecular weight is 202 g/mol. The van der Waals surface area contributed by atoms with Crippen molar-refractivity contribution < 1.29 is 5.11 Å². The van der Waals surface area contributed by atoms with E-state index in [1.165, 1.54) is 0 Å². The molecule has 1 N–H and O–H groups in total. The van der Waals surface area contributed by atoms with Gasteiger partial charge in [0.2, 0.25) is 0 Å². The minimum atomic E-state index is -0.739. The first-order chi connectivity index (χ1) is 7.18. The molecular formula is C12H14N2O. The second-order valence-corrected chi connectivity index (χ2v) is 4.28. The van der Waals surface area contributed by atoms with E-state index in [0.29, 0.717) is 5.69 Å². The molecule has 0 radical (unpaired) electrons. The van der Waals surface area contributed by atoms with E-state index >= 15 is 0 Å². The smallest absolute Gasteiger partial charge is 0.114 e. The van der Waals surface area contributed by atoms with Crippen LogP contribution in [0.15, 0.2) is 18.3 Å². The molecule has 78 valence electrons. The Kier molecular flexibility index (Phi) is 2.45. The van der Waals surface area contributed by atoms with Gasteiger partial charge in [0.05, 0.1) is 17.2 Å². The van der Waals surface area contributed by atoms with Crippen LogP contribution in [0.3, 0.4) is 0 Å². The van der Waals surface area contributed by atoms with Gasteiger partial charge in [0, 0.05) is 6.20 Å². The van der Waals surface area contributed by atoms with Gasteiger partial charge < -0.3 is 5.11 Å². The van der Waals surface area contributed by atoms with E-state index in [1.54, 1.807) is 12.3 Å².